The van der Waals surface area contributed by atoms with Crippen LogP contribution in [0, 0.1) is 0 Å². The first-order valence-corrected chi connectivity index (χ1v) is 11.3. The first kappa shape index (κ1) is 22.4. The Morgan fingerprint density at radius 1 is 0.857 bits per heavy atom. The number of allylic oxidation sites excluding steroid dienone is 1. The molecule has 1 saturated carbocycles. The SMILES string of the molecule is O=C1CCC(N2C(=O)c3ccc(NC=C4C(=O)CC(c5ccccc5)CC4=O)cc3C2=O)C(=O)N1. The van der Waals surface area contributed by atoms with Crippen molar-refractivity contribution < 1.29 is 28.8 Å². The van der Waals surface area contributed by atoms with E-state index >= 15 is 0 Å². The van der Waals surface area contributed by atoms with E-state index < -0.39 is 29.7 Å². The third-order valence-corrected chi connectivity index (χ3v) is 6.56. The van der Waals surface area contributed by atoms with Gasteiger partial charge < -0.3 is 5.32 Å². The summed E-state index contributed by atoms with van der Waals surface area (Å²) in [5.41, 5.74) is 1.67. The average Bonchev–Trinajstić information content (AvgIpc) is 3.08. The van der Waals surface area contributed by atoms with Crippen molar-refractivity contribution in [1.29, 1.82) is 0 Å². The summed E-state index contributed by atoms with van der Waals surface area (Å²) >= 11 is 0. The maximum Gasteiger partial charge on any atom is 0.262 e. The van der Waals surface area contributed by atoms with Crippen LogP contribution in [0.5, 0.6) is 0 Å². The molecule has 2 heterocycles. The lowest BCUT2D eigenvalue weighted by atomic mass is 9.80. The first-order chi connectivity index (χ1) is 16.8. The van der Waals surface area contributed by atoms with Crippen LogP contribution < -0.4 is 10.6 Å². The lowest BCUT2D eigenvalue weighted by Gasteiger charge is -2.27. The summed E-state index contributed by atoms with van der Waals surface area (Å²) in [5.74, 6) is -3.04. The van der Waals surface area contributed by atoms with Crippen LogP contribution in [-0.2, 0) is 19.2 Å². The van der Waals surface area contributed by atoms with Gasteiger partial charge in [0.05, 0.1) is 16.7 Å². The van der Waals surface area contributed by atoms with Crippen LogP contribution in [0.4, 0.5) is 5.69 Å². The third kappa shape index (κ3) is 4.05. The van der Waals surface area contributed by atoms with E-state index in [0.29, 0.717) is 5.69 Å². The van der Waals surface area contributed by atoms with E-state index in [1.54, 1.807) is 6.07 Å². The average molecular weight is 471 g/mol. The fourth-order valence-electron chi connectivity index (χ4n) is 4.73. The number of nitrogens with zero attached hydrogens (tertiary/aromatic N) is 1. The molecule has 1 saturated heterocycles. The zero-order chi connectivity index (χ0) is 24.7. The van der Waals surface area contributed by atoms with Crippen molar-refractivity contribution in [2.24, 2.45) is 0 Å². The fourth-order valence-corrected chi connectivity index (χ4v) is 4.73. The van der Waals surface area contributed by atoms with Crippen molar-refractivity contribution in [3.8, 4) is 0 Å². The maximum absolute atomic E-state index is 13.0. The highest BCUT2D eigenvalue weighted by Crippen LogP contribution is 2.32. The summed E-state index contributed by atoms with van der Waals surface area (Å²) in [5, 5.41) is 5.05. The van der Waals surface area contributed by atoms with E-state index in [2.05, 4.69) is 10.6 Å². The van der Waals surface area contributed by atoms with E-state index in [9.17, 15) is 28.8 Å². The molecule has 1 aliphatic carbocycles. The fraction of sp³-hybridized carbons (Fsp3) is 0.231. The summed E-state index contributed by atoms with van der Waals surface area (Å²) in [6.07, 6.45) is 1.90. The molecule has 2 fully saturated rings. The van der Waals surface area contributed by atoms with E-state index in [4.69, 9.17) is 0 Å². The van der Waals surface area contributed by atoms with Gasteiger partial charge in [-0.05, 0) is 36.1 Å². The molecular formula is C26H21N3O6. The number of anilines is 1. The zero-order valence-electron chi connectivity index (χ0n) is 18.6. The minimum absolute atomic E-state index is 0.0391. The van der Waals surface area contributed by atoms with Gasteiger partial charge in [-0.2, -0.15) is 0 Å². The molecule has 2 N–H and O–H groups in total. The van der Waals surface area contributed by atoms with Gasteiger partial charge in [0.15, 0.2) is 11.6 Å². The summed E-state index contributed by atoms with van der Waals surface area (Å²) < 4.78 is 0. The Morgan fingerprint density at radius 2 is 1.54 bits per heavy atom. The molecule has 4 amide bonds. The van der Waals surface area contributed by atoms with Gasteiger partial charge in [0.2, 0.25) is 11.8 Å². The lowest BCUT2D eigenvalue weighted by Crippen LogP contribution is -2.54. The highest BCUT2D eigenvalue weighted by molar-refractivity contribution is 6.24. The Morgan fingerprint density at radius 3 is 2.23 bits per heavy atom. The van der Waals surface area contributed by atoms with E-state index in [0.717, 1.165) is 10.5 Å². The van der Waals surface area contributed by atoms with Gasteiger partial charge in [0, 0.05) is 31.1 Å². The van der Waals surface area contributed by atoms with Gasteiger partial charge in [0.1, 0.15) is 6.04 Å². The minimum Gasteiger partial charge on any atom is -0.361 e. The van der Waals surface area contributed by atoms with Crippen LogP contribution in [0.2, 0.25) is 0 Å². The Balaban J connectivity index is 1.32. The number of ketones is 2. The van der Waals surface area contributed by atoms with E-state index in [-0.39, 0.29) is 59.9 Å². The smallest absolute Gasteiger partial charge is 0.262 e. The Bertz CT molecular complexity index is 1310. The molecule has 2 aromatic carbocycles. The minimum atomic E-state index is -1.05. The molecule has 2 aromatic rings. The highest BCUT2D eigenvalue weighted by Gasteiger charge is 2.44. The predicted octanol–water partition coefficient (Wildman–Crippen LogP) is 2.10. The van der Waals surface area contributed by atoms with Gasteiger partial charge in [0.25, 0.3) is 11.8 Å². The molecular weight excluding hydrogens is 450 g/mol. The number of nitrogens with one attached hydrogen (secondary N) is 2. The summed E-state index contributed by atoms with van der Waals surface area (Å²) in [6.45, 7) is 0. The monoisotopic (exact) mass is 471 g/mol. The van der Waals surface area contributed by atoms with Crippen LogP contribution in [-0.4, -0.2) is 46.1 Å². The van der Waals surface area contributed by atoms with E-state index in [1.165, 1.54) is 18.3 Å². The molecule has 2 aliphatic heterocycles. The summed E-state index contributed by atoms with van der Waals surface area (Å²) in [7, 11) is 0. The standard InChI is InChI=1S/C26H21N3O6/c30-21-10-15(14-4-2-1-3-5-14)11-22(31)19(21)13-27-16-6-7-17-18(12-16)26(35)29(25(17)34)20-8-9-23(32)28-24(20)33/h1-7,12-13,15,20,27H,8-11H2,(H,28,32,33). The number of amides is 4. The molecule has 9 nitrogen and oxygen atoms in total. The van der Waals surface area contributed by atoms with Crippen LogP contribution in [0.1, 0.15) is 57.9 Å². The Hall–Kier alpha value is -4.40. The lowest BCUT2D eigenvalue weighted by molar-refractivity contribution is -0.136. The number of hydrogen-bond acceptors (Lipinski definition) is 7. The normalized spacial score (nSPS) is 22.3. The number of carbonyl (C=O) groups excluding carboxylic acids is 6. The number of fused-ring (bicyclic) bond motifs is 1. The zero-order valence-corrected chi connectivity index (χ0v) is 18.6. The van der Waals surface area contributed by atoms with Crippen molar-refractivity contribution in [2.75, 3.05) is 5.32 Å². The highest BCUT2D eigenvalue weighted by atomic mass is 16.2. The number of benzene rings is 2. The molecule has 1 unspecified atom stereocenters. The van der Waals surface area contributed by atoms with Crippen molar-refractivity contribution >= 4 is 40.9 Å². The Labute approximate surface area is 200 Å². The molecule has 0 bridgehead atoms. The molecule has 0 spiro atoms. The largest absolute Gasteiger partial charge is 0.361 e. The second-order valence-electron chi connectivity index (χ2n) is 8.77. The molecule has 1 atom stereocenters. The molecule has 5 rings (SSSR count). The number of hydrogen-bond donors (Lipinski definition) is 2. The van der Waals surface area contributed by atoms with Gasteiger partial charge in [-0.25, -0.2) is 0 Å². The molecule has 3 aliphatic rings. The van der Waals surface area contributed by atoms with Gasteiger partial charge >= 0.3 is 0 Å². The number of imide groups is 2. The number of carbonyl (C=O) groups is 6. The van der Waals surface area contributed by atoms with Crippen molar-refractivity contribution in [3.63, 3.8) is 0 Å². The topological polar surface area (TPSA) is 130 Å². The van der Waals surface area contributed by atoms with Crippen LogP contribution >= 0.6 is 0 Å². The number of rotatable bonds is 4. The molecule has 176 valence electrons. The van der Waals surface area contributed by atoms with E-state index in [1.807, 2.05) is 30.3 Å². The molecule has 9 heteroatoms. The predicted molar refractivity (Wildman–Crippen MR) is 123 cm³/mol. The summed E-state index contributed by atoms with van der Waals surface area (Å²) in [6, 6.07) is 12.8. The number of piperidine rings is 1. The Kier molecular flexibility index (Phi) is 5.60. The number of Topliss-reactive ketones (excluding diaryl/α,β-unsaturated/α-hetero) is 2. The van der Waals surface area contributed by atoms with Crippen molar-refractivity contribution in [3.05, 3.63) is 77.0 Å². The van der Waals surface area contributed by atoms with Crippen LogP contribution in [0.15, 0.2) is 60.3 Å². The summed E-state index contributed by atoms with van der Waals surface area (Å²) in [4.78, 5) is 75.6. The van der Waals surface area contributed by atoms with Gasteiger partial charge in [-0.15, -0.1) is 0 Å². The van der Waals surface area contributed by atoms with Crippen LogP contribution in [0.3, 0.4) is 0 Å². The van der Waals surface area contributed by atoms with Crippen molar-refractivity contribution in [2.45, 2.75) is 37.6 Å². The van der Waals surface area contributed by atoms with Gasteiger partial charge in [-0.1, -0.05) is 30.3 Å². The third-order valence-electron chi connectivity index (χ3n) is 6.56. The first-order valence-electron chi connectivity index (χ1n) is 11.3. The molecule has 0 radical (unpaired) electrons. The molecule has 0 aromatic heterocycles. The second kappa shape index (κ2) is 8.75. The molecule has 35 heavy (non-hydrogen) atoms. The second-order valence-corrected chi connectivity index (χ2v) is 8.77. The van der Waals surface area contributed by atoms with Gasteiger partial charge in [-0.3, -0.25) is 39.0 Å². The van der Waals surface area contributed by atoms with Crippen molar-refractivity contribution in [1.82, 2.24) is 10.2 Å². The quantitative estimate of drug-likeness (QED) is 0.397. The maximum atomic E-state index is 13.0. The van der Waals surface area contributed by atoms with Crippen LogP contribution in [0.25, 0.3) is 0 Å².